The molecule has 8 unspecified atom stereocenters. The Labute approximate surface area is 195 Å². The molecule has 11 nitrogen and oxygen atoms in total. The Kier molecular flexibility index (Phi) is 7.21. The third-order valence-electron chi connectivity index (χ3n) is 6.84. The summed E-state index contributed by atoms with van der Waals surface area (Å²) in [6.07, 6.45) is -7.39. The molecule has 2 aliphatic rings. The molecule has 2 heterocycles. The van der Waals surface area contributed by atoms with Gasteiger partial charge in [-0.05, 0) is 29.9 Å². The van der Waals surface area contributed by atoms with Gasteiger partial charge in [0.2, 0.25) is 11.2 Å². The van der Waals surface area contributed by atoms with Gasteiger partial charge in [0.25, 0.3) is 0 Å². The number of fused-ring (bicyclic) bond motifs is 2. The normalized spacial score (nSPS) is 36.6. The van der Waals surface area contributed by atoms with Crippen LogP contribution in [-0.4, -0.2) is 95.7 Å². The van der Waals surface area contributed by atoms with Gasteiger partial charge in [0, 0.05) is 6.42 Å². The first-order valence-corrected chi connectivity index (χ1v) is 10.8. The van der Waals surface area contributed by atoms with Crippen LogP contribution in [0.4, 0.5) is 0 Å². The molecule has 8 atom stereocenters. The summed E-state index contributed by atoms with van der Waals surface area (Å²) in [4.78, 5) is 24.0. The van der Waals surface area contributed by atoms with E-state index in [2.05, 4.69) is 6.58 Å². The van der Waals surface area contributed by atoms with Crippen LogP contribution in [0.1, 0.15) is 25.3 Å². The number of hydrogen-bond donors (Lipinski definition) is 7. The van der Waals surface area contributed by atoms with Gasteiger partial charge in [0.05, 0.1) is 12.7 Å². The second-order valence-corrected chi connectivity index (χ2v) is 8.98. The molecule has 0 saturated carbocycles. The third-order valence-corrected chi connectivity index (χ3v) is 6.84. The summed E-state index contributed by atoms with van der Waals surface area (Å²) in [5, 5.41) is 71.8. The molecule has 3 rings (SSSR count). The van der Waals surface area contributed by atoms with Crippen molar-refractivity contribution < 1.29 is 54.8 Å². The van der Waals surface area contributed by atoms with Crippen molar-refractivity contribution >= 4 is 11.9 Å². The number of ether oxygens (including phenoxy) is 2. The van der Waals surface area contributed by atoms with E-state index in [0.717, 1.165) is 5.56 Å². The fourth-order valence-corrected chi connectivity index (χ4v) is 4.86. The fourth-order valence-electron chi connectivity index (χ4n) is 4.86. The quantitative estimate of drug-likeness (QED) is 0.203. The number of carbonyl (C=O) groups is 2. The lowest BCUT2D eigenvalue weighted by Gasteiger charge is -2.49. The zero-order valence-electron chi connectivity index (χ0n) is 18.6. The van der Waals surface area contributed by atoms with Crippen molar-refractivity contribution in [2.45, 2.75) is 67.6 Å². The molecule has 2 saturated heterocycles. The van der Waals surface area contributed by atoms with Crippen molar-refractivity contribution in [2.75, 3.05) is 6.61 Å². The van der Waals surface area contributed by atoms with Crippen molar-refractivity contribution in [3.05, 3.63) is 48.0 Å². The first-order chi connectivity index (χ1) is 15.9. The summed E-state index contributed by atoms with van der Waals surface area (Å²) in [5.74, 6) is -6.70. The number of hydrogen-bond acceptors (Lipinski definition) is 9. The summed E-state index contributed by atoms with van der Waals surface area (Å²) in [6.45, 7) is 4.53. The van der Waals surface area contributed by atoms with Crippen molar-refractivity contribution in [3.8, 4) is 0 Å². The predicted molar refractivity (Wildman–Crippen MR) is 114 cm³/mol. The van der Waals surface area contributed by atoms with Gasteiger partial charge in [-0.2, -0.15) is 0 Å². The summed E-state index contributed by atoms with van der Waals surface area (Å²) >= 11 is 0. The van der Waals surface area contributed by atoms with E-state index < -0.39 is 60.0 Å². The molecule has 1 aromatic carbocycles. The van der Waals surface area contributed by atoms with Gasteiger partial charge in [-0.3, -0.25) is 0 Å². The summed E-state index contributed by atoms with van der Waals surface area (Å²) in [6, 6.07) is 9.44. The van der Waals surface area contributed by atoms with Crippen LogP contribution in [0.3, 0.4) is 0 Å². The monoisotopic (exact) mass is 482 g/mol. The highest BCUT2D eigenvalue weighted by Crippen LogP contribution is 2.54. The molecule has 34 heavy (non-hydrogen) atoms. The van der Waals surface area contributed by atoms with E-state index in [1.54, 1.807) is 0 Å². The lowest BCUT2D eigenvalue weighted by Crippen LogP contribution is -2.77. The number of rotatable bonds is 10. The third kappa shape index (κ3) is 3.83. The van der Waals surface area contributed by atoms with Gasteiger partial charge in [-0.15, -0.1) is 0 Å². The van der Waals surface area contributed by atoms with Gasteiger partial charge in [-0.1, -0.05) is 43.8 Å². The lowest BCUT2D eigenvalue weighted by molar-refractivity contribution is -0.382. The van der Waals surface area contributed by atoms with E-state index >= 15 is 0 Å². The SMILES string of the molecule is C=C(CCC12OC(CO)C(O)(C(=O)O)C(C(=O)O)(O1)C(O)C2O)C(O)C(C)Cc1ccccc1. The number of carboxylic acids is 2. The van der Waals surface area contributed by atoms with E-state index in [1.807, 2.05) is 37.3 Å². The molecule has 0 radical (unpaired) electrons. The average molecular weight is 482 g/mol. The minimum atomic E-state index is -3.41. The van der Waals surface area contributed by atoms with Crippen LogP contribution in [0.15, 0.2) is 42.5 Å². The first-order valence-electron chi connectivity index (χ1n) is 10.8. The molecule has 0 amide bonds. The number of carboxylic acid groups (broad SMARTS) is 2. The van der Waals surface area contributed by atoms with E-state index in [1.165, 1.54) is 0 Å². The Bertz CT molecular complexity index is 936. The van der Waals surface area contributed by atoms with Crippen molar-refractivity contribution in [2.24, 2.45) is 5.92 Å². The van der Waals surface area contributed by atoms with Crippen molar-refractivity contribution in [3.63, 3.8) is 0 Å². The maximum absolute atomic E-state index is 12.1. The first kappa shape index (κ1) is 26.2. The molecule has 0 aliphatic carbocycles. The molecular formula is C23H30O11. The van der Waals surface area contributed by atoms with E-state index in [9.17, 15) is 45.3 Å². The fraction of sp³-hybridized carbons (Fsp3) is 0.565. The molecule has 7 N–H and O–H groups in total. The molecule has 1 aromatic rings. The maximum Gasteiger partial charge on any atom is 0.342 e. The van der Waals surface area contributed by atoms with E-state index in [4.69, 9.17) is 9.47 Å². The minimum Gasteiger partial charge on any atom is -0.479 e. The zero-order chi connectivity index (χ0) is 25.5. The van der Waals surface area contributed by atoms with Gasteiger partial charge < -0.3 is 45.2 Å². The van der Waals surface area contributed by atoms with Gasteiger partial charge in [0.1, 0.15) is 18.3 Å². The van der Waals surface area contributed by atoms with Crippen LogP contribution in [0, 0.1) is 5.92 Å². The molecular weight excluding hydrogens is 452 g/mol. The smallest absolute Gasteiger partial charge is 0.342 e. The highest BCUT2D eigenvalue weighted by Gasteiger charge is 2.83. The van der Waals surface area contributed by atoms with Crippen LogP contribution in [-0.2, 0) is 25.5 Å². The van der Waals surface area contributed by atoms with Crippen LogP contribution < -0.4 is 0 Å². The Morgan fingerprint density at radius 3 is 2.26 bits per heavy atom. The maximum atomic E-state index is 12.1. The topological polar surface area (TPSA) is 194 Å². The average Bonchev–Trinajstić information content (AvgIpc) is 3.01. The predicted octanol–water partition coefficient (Wildman–Crippen LogP) is -0.959. The molecule has 0 aromatic heterocycles. The number of aliphatic hydroxyl groups is 5. The molecule has 0 spiro atoms. The Morgan fingerprint density at radius 2 is 1.74 bits per heavy atom. The molecule has 2 fully saturated rings. The summed E-state index contributed by atoms with van der Waals surface area (Å²) < 4.78 is 10.8. The standard InChI is InChI=1S/C23H30O11/c1-12(16(25)13(2)10-14-6-4-3-5-7-14)8-9-21-17(26)18(27)23(34-21,20(30)31)22(32,19(28)29)15(11-24)33-21/h3-7,13,15-18,24-27,32H,1,8-11H2,2H3,(H,28,29)(H,30,31). The summed E-state index contributed by atoms with van der Waals surface area (Å²) in [7, 11) is 0. The molecule has 2 aliphatic heterocycles. The Balaban J connectivity index is 1.82. The number of benzene rings is 1. The van der Waals surface area contributed by atoms with E-state index in [-0.39, 0.29) is 18.8 Å². The van der Waals surface area contributed by atoms with E-state index in [0.29, 0.717) is 12.0 Å². The highest BCUT2D eigenvalue weighted by molar-refractivity contribution is 5.93. The molecule has 2 bridgehead atoms. The Hall–Kier alpha value is -2.38. The molecule has 188 valence electrons. The second-order valence-electron chi connectivity index (χ2n) is 8.98. The van der Waals surface area contributed by atoms with Crippen LogP contribution in [0.5, 0.6) is 0 Å². The van der Waals surface area contributed by atoms with Crippen LogP contribution in [0.2, 0.25) is 0 Å². The van der Waals surface area contributed by atoms with Gasteiger partial charge in [-0.25, -0.2) is 9.59 Å². The van der Waals surface area contributed by atoms with Crippen LogP contribution in [0.25, 0.3) is 0 Å². The highest BCUT2D eigenvalue weighted by atomic mass is 16.8. The zero-order valence-corrected chi connectivity index (χ0v) is 18.6. The van der Waals surface area contributed by atoms with Gasteiger partial charge in [0.15, 0.2) is 5.79 Å². The van der Waals surface area contributed by atoms with Crippen LogP contribution >= 0.6 is 0 Å². The van der Waals surface area contributed by atoms with Crippen molar-refractivity contribution in [1.29, 1.82) is 0 Å². The minimum absolute atomic E-state index is 0.0660. The van der Waals surface area contributed by atoms with Gasteiger partial charge >= 0.3 is 11.9 Å². The lowest BCUT2D eigenvalue weighted by atomic mass is 9.75. The second kappa shape index (κ2) is 9.34. The largest absolute Gasteiger partial charge is 0.479 e. The van der Waals surface area contributed by atoms with Crippen molar-refractivity contribution in [1.82, 2.24) is 0 Å². The molecule has 11 heteroatoms. The Morgan fingerprint density at radius 1 is 1.12 bits per heavy atom. The summed E-state index contributed by atoms with van der Waals surface area (Å²) in [5.41, 5.74) is -5.32. The number of aliphatic hydroxyl groups excluding tert-OH is 4. The number of aliphatic carboxylic acids is 2.